The molecule has 1 heterocycles. The van der Waals surface area contributed by atoms with Crippen molar-refractivity contribution in [3.63, 3.8) is 0 Å². The molecule has 6 heteroatoms. The summed E-state index contributed by atoms with van der Waals surface area (Å²) in [5.74, 6) is 0. The molecule has 0 bridgehead atoms. The third-order valence-corrected chi connectivity index (χ3v) is 3.57. The zero-order valence-corrected chi connectivity index (χ0v) is 11.9. The van der Waals surface area contributed by atoms with Crippen molar-refractivity contribution in [2.75, 3.05) is 28.6 Å². The van der Waals surface area contributed by atoms with Gasteiger partial charge in [0.05, 0.1) is 28.4 Å². The molecule has 2 aromatic rings. The predicted octanol–water partition coefficient (Wildman–Crippen LogP) is 2.20. The smallest absolute Gasteiger partial charge is 0.211 e. The molecular formula is C16H16N4O2. The van der Waals surface area contributed by atoms with Crippen molar-refractivity contribution in [3.8, 4) is 0 Å². The van der Waals surface area contributed by atoms with Crippen molar-refractivity contribution >= 4 is 41.3 Å². The van der Waals surface area contributed by atoms with Gasteiger partial charge in [-0.3, -0.25) is 9.59 Å². The number of anilines is 5. The molecule has 2 amide bonds. The summed E-state index contributed by atoms with van der Waals surface area (Å²) in [6.07, 6.45) is 1.36. The van der Waals surface area contributed by atoms with E-state index < -0.39 is 0 Å². The number of hydrogen-bond acceptors (Lipinski definition) is 4. The van der Waals surface area contributed by atoms with E-state index in [2.05, 4.69) is 20.9 Å². The molecule has 1 aliphatic rings. The van der Waals surface area contributed by atoms with E-state index in [1.165, 1.54) is 0 Å². The molecule has 0 spiro atoms. The largest absolute Gasteiger partial charge is 0.357 e. The average molecular weight is 296 g/mol. The van der Waals surface area contributed by atoms with Crippen LogP contribution >= 0.6 is 0 Å². The van der Waals surface area contributed by atoms with Gasteiger partial charge in [-0.05, 0) is 24.3 Å². The maximum Gasteiger partial charge on any atom is 0.211 e. The molecule has 22 heavy (non-hydrogen) atoms. The molecule has 0 aromatic heterocycles. The van der Waals surface area contributed by atoms with Crippen molar-refractivity contribution in [1.82, 2.24) is 5.32 Å². The molecule has 6 nitrogen and oxygen atoms in total. The molecule has 0 saturated carbocycles. The molecule has 112 valence electrons. The van der Waals surface area contributed by atoms with E-state index in [0.29, 0.717) is 25.9 Å². The fourth-order valence-corrected chi connectivity index (χ4v) is 2.64. The van der Waals surface area contributed by atoms with Gasteiger partial charge in [0, 0.05) is 13.1 Å². The Morgan fingerprint density at radius 1 is 1.00 bits per heavy atom. The highest BCUT2D eigenvalue weighted by Crippen LogP contribution is 2.46. The Balaban J connectivity index is 2.04. The number of rotatable bonds is 6. The Morgan fingerprint density at radius 3 is 2.64 bits per heavy atom. The first-order valence-corrected chi connectivity index (χ1v) is 6.99. The number of hydrogen-bond donors (Lipinski definition) is 3. The van der Waals surface area contributed by atoms with E-state index in [-0.39, 0.29) is 0 Å². The fraction of sp³-hybridized carbons (Fsp3) is 0.125. The highest BCUT2D eigenvalue weighted by Gasteiger charge is 2.23. The summed E-state index contributed by atoms with van der Waals surface area (Å²) < 4.78 is 0. The van der Waals surface area contributed by atoms with Gasteiger partial charge in [-0.2, -0.15) is 0 Å². The Bertz CT molecular complexity index is 702. The standard InChI is InChI=1S/C16H16N4O2/c21-10-17-8-9-20-14-6-2-1-4-12(14)19-16-13(18-11-22)5-3-7-15(16)20/h1-7,10-11,19H,8-9H2,(H,17,21)(H,18,22). The van der Waals surface area contributed by atoms with Crippen LogP contribution in [-0.4, -0.2) is 25.9 Å². The van der Waals surface area contributed by atoms with Gasteiger partial charge in [0.1, 0.15) is 0 Å². The van der Waals surface area contributed by atoms with Crippen LogP contribution in [-0.2, 0) is 9.59 Å². The molecule has 0 fully saturated rings. The SMILES string of the molecule is O=CNCCN1c2ccccc2Nc2c(NC=O)cccc21. The molecule has 0 aliphatic carbocycles. The van der Waals surface area contributed by atoms with Gasteiger partial charge < -0.3 is 20.9 Å². The summed E-state index contributed by atoms with van der Waals surface area (Å²) in [5, 5.41) is 8.76. The third-order valence-electron chi connectivity index (χ3n) is 3.57. The number of para-hydroxylation sites is 3. The van der Waals surface area contributed by atoms with Crippen molar-refractivity contribution in [3.05, 3.63) is 42.5 Å². The maximum atomic E-state index is 10.8. The van der Waals surface area contributed by atoms with E-state index >= 15 is 0 Å². The van der Waals surface area contributed by atoms with Crippen LogP contribution in [0.5, 0.6) is 0 Å². The molecule has 0 radical (unpaired) electrons. The second kappa shape index (κ2) is 6.17. The first-order valence-electron chi connectivity index (χ1n) is 6.99. The van der Waals surface area contributed by atoms with Gasteiger partial charge in [0.2, 0.25) is 12.8 Å². The van der Waals surface area contributed by atoms with Gasteiger partial charge in [0.25, 0.3) is 0 Å². The highest BCUT2D eigenvalue weighted by atomic mass is 16.1. The number of fused-ring (bicyclic) bond motifs is 2. The lowest BCUT2D eigenvalue weighted by molar-refractivity contribution is -0.109. The number of benzene rings is 2. The highest BCUT2D eigenvalue weighted by molar-refractivity contribution is 5.99. The second-order valence-corrected chi connectivity index (χ2v) is 4.83. The normalized spacial score (nSPS) is 11.7. The first-order chi connectivity index (χ1) is 10.8. The average Bonchev–Trinajstić information content (AvgIpc) is 2.55. The molecule has 2 aromatic carbocycles. The van der Waals surface area contributed by atoms with Crippen molar-refractivity contribution in [1.29, 1.82) is 0 Å². The Kier molecular flexibility index (Phi) is 3.91. The molecule has 0 atom stereocenters. The summed E-state index contributed by atoms with van der Waals surface area (Å²) in [4.78, 5) is 23.4. The molecular weight excluding hydrogens is 280 g/mol. The molecule has 0 saturated heterocycles. The number of carbonyl (C=O) groups excluding carboxylic acids is 2. The second-order valence-electron chi connectivity index (χ2n) is 4.83. The van der Waals surface area contributed by atoms with Crippen molar-refractivity contribution in [2.45, 2.75) is 0 Å². The monoisotopic (exact) mass is 296 g/mol. The summed E-state index contributed by atoms with van der Waals surface area (Å²) in [6.45, 7) is 1.16. The molecule has 3 N–H and O–H groups in total. The van der Waals surface area contributed by atoms with Crippen LogP contribution in [0.3, 0.4) is 0 Å². The minimum atomic E-state index is 0.530. The molecule has 0 unspecified atom stereocenters. The van der Waals surface area contributed by atoms with E-state index in [0.717, 1.165) is 28.4 Å². The predicted molar refractivity (Wildman–Crippen MR) is 86.9 cm³/mol. The van der Waals surface area contributed by atoms with E-state index in [1.54, 1.807) is 0 Å². The number of nitrogens with zero attached hydrogens (tertiary/aromatic N) is 1. The van der Waals surface area contributed by atoms with Crippen molar-refractivity contribution < 1.29 is 9.59 Å². The zero-order valence-electron chi connectivity index (χ0n) is 11.9. The van der Waals surface area contributed by atoms with Crippen LogP contribution < -0.4 is 20.9 Å². The van der Waals surface area contributed by atoms with Crippen LogP contribution in [0.4, 0.5) is 28.4 Å². The molecule has 3 rings (SSSR count). The van der Waals surface area contributed by atoms with Gasteiger partial charge in [-0.15, -0.1) is 0 Å². The van der Waals surface area contributed by atoms with Crippen LogP contribution in [0.15, 0.2) is 42.5 Å². The summed E-state index contributed by atoms with van der Waals surface area (Å²) in [7, 11) is 0. The van der Waals surface area contributed by atoms with E-state index in [9.17, 15) is 9.59 Å². The Labute approximate surface area is 128 Å². The number of amides is 2. The Hall–Kier alpha value is -3.02. The van der Waals surface area contributed by atoms with Gasteiger partial charge in [0.15, 0.2) is 0 Å². The minimum absolute atomic E-state index is 0.530. The third kappa shape index (κ3) is 2.46. The Morgan fingerprint density at radius 2 is 1.82 bits per heavy atom. The fourth-order valence-electron chi connectivity index (χ4n) is 2.64. The van der Waals surface area contributed by atoms with Crippen LogP contribution in [0.2, 0.25) is 0 Å². The zero-order chi connectivity index (χ0) is 15.4. The summed E-state index contributed by atoms with van der Waals surface area (Å²) in [6, 6.07) is 13.6. The lowest BCUT2D eigenvalue weighted by atomic mass is 10.1. The molecule has 1 aliphatic heterocycles. The first kappa shape index (κ1) is 13.9. The van der Waals surface area contributed by atoms with Gasteiger partial charge in [-0.1, -0.05) is 18.2 Å². The van der Waals surface area contributed by atoms with Crippen LogP contribution in [0, 0.1) is 0 Å². The van der Waals surface area contributed by atoms with Crippen LogP contribution in [0.1, 0.15) is 0 Å². The minimum Gasteiger partial charge on any atom is -0.357 e. The summed E-state index contributed by atoms with van der Waals surface area (Å²) >= 11 is 0. The van der Waals surface area contributed by atoms with Gasteiger partial charge >= 0.3 is 0 Å². The van der Waals surface area contributed by atoms with Crippen molar-refractivity contribution in [2.24, 2.45) is 0 Å². The van der Waals surface area contributed by atoms with E-state index in [1.807, 2.05) is 42.5 Å². The lowest BCUT2D eigenvalue weighted by Gasteiger charge is -2.34. The van der Waals surface area contributed by atoms with E-state index in [4.69, 9.17) is 0 Å². The quantitative estimate of drug-likeness (QED) is 0.564. The van der Waals surface area contributed by atoms with Crippen LogP contribution in [0.25, 0.3) is 0 Å². The maximum absolute atomic E-state index is 10.8. The summed E-state index contributed by atoms with van der Waals surface area (Å²) in [5.41, 5.74) is 4.51. The topological polar surface area (TPSA) is 73.5 Å². The van der Waals surface area contributed by atoms with Gasteiger partial charge in [-0.25, -0.2) is 0 Å². The number of carbonyl (C=O) groups is 2. The number of nitrogens with one attached hydrogen (secondary N) is 3. The lowest BCUT2D eigenvalue weighted by Crippen LogP contribution is -2.30.